The summed E-state index contributed by atoms with van der Waals surface area (Å²) in [5, 5.41) is 8.53. The fourth-order valence-electron chi connectivity index (χ4n) is 2.75. The molecule has 1 N–H and O–H groups in total. The van der Waals surface area contributed by atoms with Crippen molar-refractivity contribution in [1.29, 1.82) is 0 Å². The van der Waals surface area contributed by atoms with Gasteiger partial charge < -0.3 is 14.7 Å². The Balaban J connectivity index is 1.64. The molecule has 1 heterocycles. The van der Waals surface area contributed by atoms with Gasteiger partial charge in [-0.1, -0.05) is 6.92 Å². The molecule has 0 aromatic rings. The lowest BCUT2D eigenvalue weighted by atomic mass is 9.80. The number of hydrogen-bond acceptors (Lipinski definition) is 3. The van der Waals surface area contributed by atoms with Crippen LogP contribution >= 0.6 is 0 Å². The average Bonchev–Trinajstić information content (AvgIpc) is 2.23. The Morgan fingerprint density at radius 1 is 1.38 bits per heavy atom. The van der Waals surface area contributed by atoms with Gasteiger partial charge in [0.15, 0.2) is 0 Å². The molecule has 4 heteroatoms. The first-order chi connectivity index (χ1) is 7.65. The molecule has 4 nitrogen and oxygen atoms in total. The Labute approximate surface area is 96.6 Å². The number of hydrogen-bond donors (Lipinski definition) is 1. The lowest BCUT2D eigenvalue weighted by Crippen LogP contribution is -2.48. The summed E-state index contributed by atoms with van der Waals surface area (Å²) < 4.78 is 5.32. The Hall–Kier alpha value is -0.610. The SMILES string of the molecule is CC1CC(N2CCC(OCC(=O)O)CC2)C1. The van der Waals surface area contributed by atoms with Gasteiger partial charge in [-0.2, -0.15) is 0 Å². The number of aliphatic carboxylic acids is 1. The highest BCUT2D eigenvalue weighted by molar-refractivity contribution is 5.68. The van der Waals surface area contributed by atoms with Gasteiger partial charge >= 0.3 is 5.97 Å². The second kappa shape index (κ2) is 5.15. The molecule has 0 bridgehead atoms. The van der Waals surface area contributed by atoms with Gasteiger partial charge in [0, 0.05) is 19.1 Å². The molecule has 0 aromatic heterocycles. The molecular formula is C12H21NO3. The maximum Gasteiger partial charge on any atom is 0.329 e. The van der Waals surface area contributed by atoms with Crippen LogP contribution < -0.4 is 0 Å². The molecule has 1 aliphatic carbocycles. The molecule has 0 unspecified atom stereocenters. The third-order valence-corrected chi connectivity index (χ3v) is 3.78. The molecule has 0 amide bonds. The van der Waals surface area contributed by atoms with Crippen LogP contribution in [-0.2, 0) is 9.53 Å². The van der Waals surface area contributed by atoms with Crippen molar-refractivity contribution in [3.63, 3.8) is 0 Å². The number of piperidine rings is 1. The Kier molecular flexibility index (Phi) is 3.82. The van der Waals surface area contributed by atoms with Crippen molar-refractivity contribution < 1.29 is 14.6 Å². The van der Waals surface area contributed by atoms with Crippen LogP contribution in [0.5, 0.6) is 0 Å². The molecule has 92 valence electrons. The molecule has 2 aliphatic rings. The molecule has 2 fully saturated rings. The predicted octanol–water partition coefficient (Wildman–Crippen LogP) is 1.35. The normalized spacial score (nSPS) is 32.3. The van der Waals surface area contributed by atoms with E-state index < -0.39 is 5.97 Å². The van der Waals surface area contributed by atoms with Crippen LogP contribution in [0.2, 0.25) is 0 Å². The summed E-state index contributed by atoms with van der Waals surface area (Å²) in [7, 11) is 0. The molecule has 1 saturated heterocycles. The van der Waals surface area contributed by atoms with E-state index in [4.69, 9.17) is 9.84 Å². The fraction of sp³-hybridized carbons (Fsp3) is 0.917. The first-order valence-corrected chi connectivity index (χ1v) is 6.22. The molecule has 2 rings (SSSR count). The van der Waals surface area contributed by atoms with Crippen LogP contribution in [-0.4, -0.2) is 47.8 Å². The van der Waals surface area contributed by atoms with Crippen molar-refractivity contribution >= 4 is 5.97 Å². The first kappa shape index (κ1) is 11.9. The Morgan fingerprint density at radius 2 is 2.00 bits per heavy atom. The van der Waals surface area contributed by atoms with Crippen molar-refractivity contribution in [3.05, 3.63) is 0 Å². The zero-order valence-corrected chi connectivity index (χ0v) is 9.89. The zero-order valence-electron chi connectivity index (χ0n) is 9.89. The Morgan fingerprint density at radius 3 is 2.50 bits per heavy atom. The van der Waals surface area contributed by atoms with Crippen LogP contribution in [0.1, 0.15) is 32.6 Å². The first-order valence-electron chi connectivity index (χ1n) is 6.22. The highest BCUT2D eigenvalue weighted by Crippen LogP contribution is 2.32. The molecule has 1 saturated carbocycles. The summed E-state index contributed by atoms with van der Waals surface area (Å²) in [4.78, 5) is 12.9. The van der Waals surface area contributed by atoms with E-state index in [-0.39, 0.29) is 12.7 Å². The maximum atomic E-state index is 10.4. The van der Waals surface area contributed by atoms with Gasteiger partial charge in [0.25, 0.3) is 0 Å². The average molecular weight is 227 g/mol. The standard InChI is InChI=1S/C12H21NO3/c1-9-6-10(7-9)13-4-2-11(3-5-13)16-8-12(14)15/h9-11H,2-8H2,1H3,(H,14,15). The van der Waals surface area contributed by atoms with Gasteiger partial charge in [-0.25, -0.2) is 4.79 Å². The third-order valence-electron chi connectivity index (χ3n) is 3.78. The van der Waals surface area contributed by atoms with E-state index >= 15 is 0 Å². The molecule has 16 heavy (non-hydrogen) atoms. The lowest BCUT2D eigenvalue weighted by Gasteiger charge is -2.44. The van der Waals surface area contributed by atoms with Gasteiger partial charge in [-0.05, 0) is 31.6 Å². The van der Waals surface area contributed by atoms with E-state index in [0.29, 0.717) is 0 Å². The second-order valence-corrected chi connectivity index (χ2v) is 5.17. The highest BCUT2D eigenvalue weighted by atomic mass is 16.5. The van der Waals surface area contributed by atoms with E-state index in [1.165, 1.54) is 12.8 Å². The number of nitrogens with zero attached hydrogens (tertiary/aromatic N) is 1. The van der Waals surface area contributed by atoms with Crippen LogP contribution in [0, 0.1) is 5.92 Å². The number of ether oxygens (including phenoxy) is 1. The predicted molar refractivity (Wildman–Crippen MR) is 60.4 cm³/mol. The molecule has 0 radical (unpaired) electrons. The number of carboxylic acids is 1. The summed E-state index contributed by atoms with van der Waals surface area (Å²) in [6.45, 7) is 4.30. The summed E-state index contributed by atoms with van der Waals surface area (Å²) in [5.74, 6) is 0.0289. The summed E-state index contributed by atoms with van der Waals surface area (Å²) in [6, 6.07) is 0.787. The van der Waals surface area contributed by atoms with Crippen molar-refractivity contribution in [2.75, 3.05) is 19.7 Å². The minimum atomic E-state index is -0.866. The van der Waals surface area contributed by atoms with Crippen molar-refractivity contribution in [2.45, 2.75) is 44.8 Å². The number of carboxylic acid groups (broad SMARTS) is 1. The Bertz CT molecular complexity index is 243. The van der Waals surface area contributed by atoms with Crippen LogP contribution in [0.3, 0.4) is 0 Å². The topological polar surface area (TPSA) is 49.8 Å². The van der Waals surface area contributed by atoms with Gasteiger partial charge in [0.05, 0.1) is 6.10 Å². The molecule has 0 atom stereocenters. The van der Waals surface area contributed by atoms with Crippen molar-refractivity contribution in [2.24, 2.45) is 5.92 Å². The van der Waals surface area contributed by atoms with Gasteiger partial charge in [-0.15, -0.1) is 0 Å². The lowest BCUT2D eigenvalue weighted by molar-refractivity contribution is -0.145. The second-order valence-electron chi connectivity index (χ2n) is 5.17. The monoisotopic (exact) mass is 227 g/mol. The maximum absolute atomic E-state index is 10.4. The summed E-state index contributed by atoms with van der Waals surface area (Å²) in [5.41, 5.74) is 0. The smallest absolute Gasteiger partial charge is 0.329 e. The number of likely N-dealkylation sites (tertiary alicyclic amines) is 1. The van der Waals surface area contributed by atoms with E-state index in [1.807, 2.05) is 0 Å². The number of rotatable bonds is 4. The molecule has 1 aliphatic heterocycles. The van der Waals surface area contributed by atoms with Crippen molar-refractivity contribution in [3.8, 4) is 0 Å². The van der Waals surface area contributed by atoms with Crippen molar-refractivity contribution in [1.82, 2.24) is 4.90 Å². The fourth-order valence-corrected chi connectivity index (χ4v) is 2.75. The minimum Gasteiger partial charge on any atom is -0.480 e. The van der Waals surface area contributed by atoms with E-state index in [1.54, 1.807) is 0 Å². The van der Waals surface area contributed by atoms with E-state index in [9.17, 15) is 4.79 Å². The molecule has 0 aromatic carbocycles. The van der Waals surface area contributed by atoms with E-state index in [0.717, 1.165) is 37.9 Å². The highest BCUT2D eigenvalue weighted by Gasteiger charge is 2.33. The van der Waals surface area contributed by atoms with Gasteiger partial charge in [-0.3, -0.25) is 0 Å². The van der Waals surface area contributed by atoms with Gasteiger partial charge in [0.1, 0.15) is 6.61 Å². The summed E-state index contributed by atoms with van der Waals surface area (Å²) in [6.07, 6.45) is 4.79. The third kappa shape index (κ3) is 2.95. The zero-order chi connectivity index (χ0) is 11.5. The molecular weight excluding hydrogens is 206 g/mol. The molecule has 0 spiro atoms. The van der Waals surface area contributed by atoms with Crippen LogP contribution in [0.15, 0.2) is 0 Å². The number of carbonyl (C=O) groups is 1. The van der Waals surface area contributed by atoms with E-state index in [2.05, 4.69) is 11.8 Å². The van der Waals surface area contributed by atoms with Gasteiger partial charge in [0.2, 0.25) is 0 Å². The summed E-state index contributed by atoms with van der Waals surface area (Å²) >= 11 is 0. The minimum absolute atomic E-state index is 0.148. The van der Waals surface area contributed by atoms with Crippen LogP contribution in [0.4, 0.5) is 0 Å². The quantitative estimate of drug-likeness (QED) is 0.787. The largest absolute Gasteiger partial charge is 0.480 e. The van der Waals surface area contributed by atoms with Crippen LogP contribution in [0.25, 0.3) is 0 Å².